The minimum atomic E-state index is -3.99. The van der Waals surface area contributed by atoms with Gasteiger partial charge >= 0.3 is 5.97 Å². The molecule has 2 aliphatic heterocycles. The number of sulfonamides is 1. The zero-order chi connectivity index (χ0) is 21.1. The van der Waals surface area contributed by atoms with Crippen LogP contribution >= 0.6 is 0 Å². The van der Waals surface area contributed by atoms with Crippen molar-refractivity contribution >= 4 is 27.6 Å². The van der Waals surface area contributed by atoms with E-state index < -0.39 is 26.6 Å². The second-order valence-electron chi connectivity index (χ2n) is 6.98. The van der Waals surface area contributed by atoms with Gasteiger partial charge in [0.1, 0.15) is 0 Å². The van der Waals surface area contributed by atoms with Gasteiger partial charge in [0.2, 0.25) is 10.0 Å². The number of ether oxygens (including phenoxy) is 2. The molecule has 1 aromatic carbocycles. The quantitative estimate of drug-likeness (QED) is 0.382. The number of hydrogen-bond acceptors (Lipinski definition) is 8. The van der Waals surface area contributed by atoms with E-state index in [-0.39, 0.29) is 39.1 Å². The molecule has 160 valence electrons. The summed E-state index contributed by atoms with van der Waals surface area (Å²) in [6.45, 7) is 1.57. The molecule has 2 aliphatic rings. The number of nitrogens with zero attached hydrogens (tertiary/aromatic N) is 2. The van der Waals surface area contributed by atoms with Crippen LogP contribution in [0.15, 0.2) is 24.3 Å². The molecule has 2 heterocycles. The van der Waals surface area contributed by atoms with Gasteiger partial charge in [-0.15, -0.1) is 0 Å². The summed E-state index contributed by atoms with van der Waals surface area (Å²) in [4.78, 5) is 25.9. The zero-order valence-electron chi connectivity index (χ0n) is 16.2. The molecule has 2 saturated heterocycles. The number of benzene rings is 1. The molecule has 0 radical (unpaired) electrons. The number of esters is 1. The number of nitrogens with one attached hydrogen (secondary N) is 1. The third-order valence-corrected chi connectivity index (χ3v) is 8.17. The number of carbonyl (C=O) groups is 2. The molecular weight excluding hydrogens is 402 g/mol. The van der Waals surface area contributed by atoms with E-state index in [1.165, 1.54) is 16.9 Å². The Morgan fingerprint density at radius 2 is 1.69 bits per heavy atom. The van der Waals surface area contributed by atoms with Crippen LogP contribution in [0, 0.1) is 0 Å². The first-order chi connectivity index (χ1) is 13.9. The van der Waals surface area contributed by atoms with Crippen molar-refractivity contribution in [3.63, 3.8) is 0 Å². The Hall–Kier alpha value is -2.21. The molecule has 11 heteroatoms. The lowest BCUT2D eigenvalue weighted by atomic mass is 9.98. The predicted octanol–water partition coefficient (Wildman–Crippen LogP) is -0.0204. The van der Waals surface area contributed by atoms with Gasteiger partial charge < -0.3 is 14.4 Å². The van der Waals surface area contributed by atoms with Crippen molar-refractivity contribution in [3.05, 3.63) is 29.8 Å². The summed E-state index contributed by atoms with van der Waals surface area (Å²) in [5, 5.41) is 9.12. The minimum Gasteiger partial charge on any atom is -0.465 e. The van der Waals surface area contributed by atoms with Crippen molar-refractivity contribution in [1.82, 2.24) is 9.79 Å². The highest BCUT2D eigenvalue weighted by atomic mass is 32.2. The van der Waals surface area contributed by atoms with Crippen molar-refractivity contribution in [2.24, 2.45) is 0 Å². The van der Waals surface area contributed by atoms with E-state index in [0.717, 1.165) is 5.69 Å². The van der Waals surface area contributed by atoms with E-state index in [1.807, 2.05) is 4.90 Å². The number of hydroxylamine groups is 1. The Morgan fingerprint density at radius 1 is 1.10 bits per heavy atom. The molecule has 0 bridgehead atoms. The van der Waals surface area contributed by atoms with Gasteiger partial charge in [0.15, 0.2) is 4.75 Å². The molecule has 2 N–H and O–H groups in total. The number of hydrogen-bond donors (Lipinski definition) is 2. The zero-order valence-corrected chi connectivity index (χ0v) is 17.0. The van der Waals surface area contributed by atoms with Crippen LogP contribution in [0.1, 0.15) is 23.2 Å². The molecule has 2 fully saturated rings. The molecule has 29 heavy (non-hydrogen) atoms. The molecule has 0 aliphatic carbocycles. The van der Waals surface area contributed by atoms with Crippen LogP contribution in [0.4, 0.5) is 5.69 Å². The smallest absolute Gasteiger partial charge is 0.337 e. The maximum atomic E-state index is 13.3. The third-order valence-electron chi connectivity index (χ3n) is 5.54. The lowest BCUT2D eigenvalue weighted by Gasteiger charge is -2.42. The van der Waals surface area contributed by atoms with Crippen molar-refractivity contribution in [2.75, 3.05) is 51.4 Å². The second kappa shape index (κ2) is 8.66. The maximum Gasteiger partial charge on any atom is 0.337 e. The van der Waals surface area contributed by atoms with E-state index in [4.69, 9.17) is 9.94 Å². The van der Waals surface area contributed by atoms with Gasteiger partial charge in [-0.05, 0) is 24.3 Å². The summed E-state index contributed by atoms with van der Waals surface area (Å²) in [7, 11) is -2.67. The summed E-state index contributed by atoms with van der Waals surface area (Å²) in [5.41, 5.74) is 2.83. The van der Waals surface area contributed by atoms with Crippen LogP contribution in [0.2, 0.25) is 0 Å². The van der Waals surface area contributed by atoms with Crippen LogP contribution in [0.3, 0.4) is 0 Å². The number of carbonyl (C=O) groups excluding carboxylic acids is 2. The van der Waals surface area contributed by atoms with Gasteiger partial charge in [-0.25, -0.2) is 18.7 Å². The fourth-order valence-corrected chi connectivity index (χ4v) is 5.87. The lowest BCUT2D eigenvalue weighted by Crippen LogP contribution is -2.62. The second-order valence-corrected chi connectivity index (χ2v) is 9.23. The SMILES string of the molecule is COC(=O)c1ccc(N2CCN(S(=O)(=O)C3(C(=O)NO)CCOCC3)CC2)cc1. The first kappa shape index (κ1) is 21.5. The van der Waals surface area contributed by atoms with Gasteiger partial charge in [0, 0.05) is 57.9 Å². The Labute approximate surface area is 169 Å². The fraction of sp³-hybridized carbons (Fsp3) is 0.556. The lowest BCUT2D eigenvalue weighted by molar-refractivity contribution is -0.134. The molecule has 0 saturated carbocycles. The topological polar surface area (TPSA) is 125 Å². The van der Waals surface area contributed by atoms with Crippen LogP contribution in [0.5, 0.6) is 0 Å². The largest absolute Gasteiger partial charge is 0.465 e. The molecule has 0 atom stereocenters. The molecule has 0 unspecified atom stereocenters. The van der Waals surface area contributed by atoms with E-state index in [1.54, 1.807) is 24.3 Å². The van der Waals surface area contributed by atoms with Crippen LogP contribution < -0.4 is 10.4 Å². The maximum absolute atomic E-state index is 13.3. The standard InChI is InChI=1S/C18H25N3O7S/c1-27-16(22)14-2-4-15(5-3-14)20-8-10-21(11-9-20)29(25,26)18(17(23)19-24)6-12-28-13-7-18/h2-5,24H,6-13H2,1H3,(H,19,23). The summed E-state index contributed by atoms with van der Waals surface area (Å²) in [6, 6.07) is 6.89. The highest BCUT2D eigenvalue weighted by Gasteiger charge is 2.54. The first-order valence-electron chi connectivity index (χ1n) is 9.31. The van der Waals surface area contributed by atoms with Crippen LogP contribution in [0.25, 0.3) is 0 Å². The molecule has 0 aromatic heterocycles. The Balaban J connectivity index is 1.72. The van der Waals surface area contributed by atoms with E-state index in [2.05, 4.69) is 4.74 Å². The summed E-state index contributed by atoms with van der Waals surface area (Å²) >= 11 is 0. The Kier molecular flexibility index (Phi) is 6.42. The molecule has 0 spiro atoms. The highest BCUT2D eigenvalue weighted by molar-refractivity contribution is 7.91. The first-order valence-corrected chi connectivity index (χ1v) is 10.7. The monoisotopic (exact) mass is 427 g/mol. The summed E-state index contributed by atoms with van der Waals surface area (Å²) in [6.07, 6.45) is -0.00609. The number of amides is 1. The van der Waals surface area contributed by atoms with E-state index >= 15 is 0 Å². The fourth-order valence-electron chi connectivity index (χ4n) is 3.77. The predicted molar refractivity (Wildman–Crippen MR) is 103 cm³/mol. The summed E-state index contributed by atoms with van der Waals surface area (Å²) < 4.78 is 36.1. The van der Waals surface area contributed by atoms with E-state index in [0.29, 0.717) is 18.7 Å². The molecule has 10 nitrogen and oxygen atoms in total. The normalized spacial score (nSPS) is 20.1. The van der Waals surface area contributed by atoms with Crippen molar-refractivity contribution < 1.29 is 32.7 Å². The van der Waals surface area contributed by atoms with Crippen molar-refractivity contribution in [3.8, 4) is 0 Å². The molecule has 1 aromatic rings. The molecule has 3 rings (SSSR count). The van der Waals surface area contributed by atoms with Gasteiger partial charge in [-0.1, -0.05) is 0 Å². The van der Waals surface area contributed by atoms with Gasteiger partial charge in [0.05, 0.1) is 12.7 Å². The average Bonchev–Trinajstić information content (AvgIpc) is 2.78. The third kappa shape index (κ3) is 3.95. The number of piperazine rings is 1. The number of rotatable bonds is 5. The van der Waals surface area contributed by atoms with Gasteiger partial charge in [0.25, 0.3) is 5.91 Å². The summed E-state index contributed by atoms with van der Waals surface area (Å²) in [5.74, 6) is -1.34. The van der Waals surface area contributed by atoms with Gasteiger partial charge in [-0.3, -0.25) is 10.0 Å². The van der Waals surface area contributed by atoms with Gasteiger partial charge in [-0.2, -0.15) is 4.31 Å². The Morgan fingerprint density at radius 3 is 2.21 bits per heavy atom. The van der Waals surface area contributed by atoms with Crippen LogP contribution in [-0.2, 0) is 24.3 Å². The molecular formula is C18H25N3O7S. The number of methoxy groups -OCH3 is 1. The molecule has 1 amide bonds. The average molecular weight is 427 g/mol. The minimum absolute atomic E-state index is 0.00304. The van der Waals surface area contributed by atoms with E-state index in [9.17, 15) is 18.0 Å². The number of anilines is 1. The Bertz CT molecular complexity index is 843. The van der Waals surface area contributed by atoms with Crippen molar-refractivity contribution in [2.45, 2.75) is 17.6 Å². The highest BCUT2D eigenvalue weighted by Crippen LogP contribution is 2.33. The van der Waals surface area contributed by atoms with Crippen molar-refractivity contribution in [1.29, 1.82) is 0 Å². The van der Waals surface area contributed by atoms with Crippen LogP contribution in [-0.4, -0.2) is 81.1 Å².